The Labute approximate surface area is 173 Å². The van der Waals surface area contributed by atoms with Crippen LogP contribution in [-0.2, 0) is 24.2 Å². The average molecular weight is 414 g/mol. The molecule has 0 saturated heterocycles. The summed E-state index contributed by atoms with van der Waals surface area (Å²) in [5, 5.41) is 11.4. The number of benzene rings is 1. The zero-order valence-corrected chi connectivity index (χ0v) is 17.6. The Morgan fingerprint density at radius 3 is 3.00 bits per heavy atom. The van der Waals surface area contributed by atoms with Crippen molar-refractivity contribution in [2.45, 2.75) is 50.1 Å². The fourth-order valence-electron chi connectivity index (χ4n) is 3.30. The van der Waals surface area contributed by atoms with Gasteiger partial charge < -0.3 is 9.73 Å². The van der Waals surface area contributed by atoms with Gasteiger partial charge in [0.2, 0.25) is 5.91 Å². The summed E-state index contributed by atoms with van der Waals surface area (Å²) in [6, 6.07) is 12.0. The summed E-state index contributed by atoms with van der Waals surface area (Å²) < 4.78 is 5.83. The maximum absolute atomic E-state index is 12.3. The minimum absolute atomic E-state index is 0.0471. The van der Waals surface area contributed by atoms with E-state index >= 15 is 0 Å². The number of rotatable bonds is 6. The van der Waals surface area contributed by atoms with Gasteiger partial charge in [0, 0.05) is 11.4 Å². The highest BCUT2D eigenvalue weighted by Crippen LogP contribution is 2.37. The van der Waals surface area contributed by atoms with Gasteiger partial charge in [-0.2, -0.15) is 0 Å². The standard InChI is InChI=1S/C21H23N3O2S2/c1-13-8-9-17-16(10-13)11-18(28-17)20-23-24-21(26-20)27-14(2)19(25)22-12-15-6-4-3-5-7-15/h3-7,11,13-14H,8-10,12H2,1-2H3,(H,22,25)/t13-,14+/m0/s1. The van der Waals surface area contributed by atoms with E-state index in [0.29, 0.717) is 17.7 Å². The van der Waals surface area contributed by atoms with Crippen LogP contribution >= 0.6 is 23.1 Å². The van der Waals surface area contributed by atoms with Crippen LogP contribution in [-0.4, -0.2) is 21.4 Å². The quantitative estimate of drug-likeness (QED) is 0.592. The number of hydrogen-bond donors (Lipinski definition) is 1. The summed E-state index contributed by atoms with van der Waals surface area (Å²) in [6.45, 7) is 4.66. The minimum Gasteiger partial charge on any atom is -0.410 e. The van der Waals surface area contributed by atoms with Crippen LogP contribution in [0, 0.1) is 5.92 Å². The van der Waals surface area contributed by atoms with E-state index in [0.717, 1.165) is 29.2 Å². The molecule has 0 unspecified atom stereocenters. The number of aryl methyl sites for hydroxylation is 1. The molecule has 1 aliphatic rings. The minimum atomic E-state index is -0.311. The Balaban J connectivity index is 1.36. The Hall–Kier alpha value is -2.12. The van der Waals surface area contributed by atoms with Crippen molar-refractivity contribution in [2.75, 3.05) is 0 Å². The highest BCUT2D eigenvalue weighted by molar-refractivity contribution is 8.00. The number of thiophene rings is 1. The third-order valence-corrected chi connectivity index (χ3v) is 7.06. The Morgan fingerprint density at radius 1 is 1.36 bits per heavy atom. The number of nitrogens with zero attached hydrogens (tertiary/aromatic N) is 2. The summed E-state index contributed by atoms with van der Waals surface area (Å²) in [5.74, 6) is 1.24. The van der Waals surface area contributed by atoms with Crippen molar-refractivity contribution < 1.29 is 9.21 Å². The normalized spacial score (nSPS) is 17.1. The number of nitrogens with one attached hydrogen (secondary N) is 1. The Morgan fingerprint density at radius 2 is 2.18 bits per heavy atom. The van der Waals surface area contributed by atoms with Gasteiger partial charge in [-0.1, -0.05) is 49.0 Å². The van der Waals surface area contributed by atoms with Gasteiger partial charge in [0.1, 0.15) is 0 Å². The maximum atomic E-state index is 12.3. The molecule has 7 heteroatoms. The summed E-state index contributed by atoms with van der Waals surface area (Å²) in [7, 11) is 0. The first-order valence-electron chi connectivity index (χ1n) is 9.52. The second-order valence-electron chi connectivity index (χ2n) is 7.24. The lowest BCUT2D eigenvalue weighted by Crippen LogP contribution is -2.30. The molecule has 3 aromatic rings. The molecule has 0 saturated carbocycles. The molecular weight excluding hydrogens is 390 g/mol. The number of thioether (sulfide) groups is 1. The third-order valence-electron chi connectivity index (χ3n) is 4.90. The highest BCUT2D eigenvalue weighted by Gasteiger charge is 2.22. The van der Waals surface area contributed by atoms with E-state index in [1.54, 1.807) is 11.3 Å². The smallest absolute Gasteiger partial charge is 0.277 e. The molecule has 4 rings (SSSR count). The second-order valence-corrected chi connectivity index (χ2v) is 9.67. The first-order valence-corrected chi connectivity index (χ1v) is 11.2. The first-order chi connectivity index (χ1) is 13.6. The summed E-state index contributed by atoms with van der Waals surface area (Å²) in [5.41, 5.74) is 2.49. The van der Waals surface area contributed by atoms with E-state index < -0.39 is 0 Å². The Kier molecular flexibility index (Phi) is 5.82. The SMILES string of the molecule is C[C@H]1CCc2sc(-c3nnc(S[C@H](C)C(=O)NCc4ccccc4)o3)cc2C1. The molecule has 0 bridgehead atoms. The van der Waals surface area contributed by atoms with E-state index in [4.69, 9.17) is 4.42 Å². The van der Waals surface area contributed by atoms with Crippen LogP contribution in [0.3, 0.4) is 0 Å². The van der Waals surface area contributed by atoms with Crippen LogP contribution in [0.15, 0.2) is 46.0 Å². The summed E-state index contributed by atoms with van der Waals surface area (Å²) >= 11 is 3.04. The molecule has 28 heavy (non-hydrogen) atoms. The molecule has 0 fully saturated rings. The Bertz CT molecular complexity index is 952. The van der Waals surface area contributed by atoms with E-state index in [-0.39, 0.29) is 11.2 Å². The van der Waals surface area contributed by atoms with Crippen LogP contribution in [0.2, 0.25) is 0 Å². The number of aromatic nitrogens is 2. The molecule has 2 heterocycles. The van der Waals surface area contributed by atoms with E-state index in [1.165, 1.54) is 28.6 Å². The van der Waals surface area contributed by atoms with Gasteiger partial charge in [0.15, 0.2) is 0 Å². The predicted molar refractivity (Wildman–Crippen MR) is 112 cm³/mol. The molecule has 146 valence electrons. The molecule has 1 N–H and O–H groups in total. The van der Waals surface area contributed by atoms with E-state index in [2.05, 4.69) is 28.5 Å². The molecule has 1 amide bonds. The zero-order valence-electron chi connectivity index (χ0n) is 16.0. The monoisotopic (exact) mass is 413 g/mol. The number of carbonyl (C=O) groups is 1. The van der Waals surface area contributed by atoms with Crippen LogP contribution in [0.5, 0.6) is 0 Å². The molecule has 1 aliphatic carbocycles. The van der Waals surface area contributed by atoms with Crippen LogP contribution in [0.4, 0.5) is 0 Å². The predicted octanol–water partition coefficient (Wildman–Crippen LogP) is 4.72. The van der Waals surface area contributed by atoms with Gasteiger partial charge in [0.05, 0.1) is 10.1 Å². The summed E-state index contributed by atoms with van der Waals surface area (Å²) in [4.78, 5) is 14.8. The van der Waals surface area contributed by atoms with Crippen LogP contribution < -0.4 is 5.32 Å². The third kappa shape index (κ3) is 4.47. The van der Waals surface area contributed by atoms with Crippen LogP contribution in [0.1, 0.15) is 36.3 Å². The second kappa shape index (κ2) is 8.49. The number of amides is 1. The number of hydrogen-bond acceptors (Lipinski definition) is 6. The average Bonchev–Trinajstić information content (AvgIpc) is 3.33. The zero-order chi connectivity index (χ0) is 19.5. The molecule has 2 aromatic heterocycles. The van der Waals surface area contributed by atoms with Crippen molar-refractivity contribution in [1.29, 1.82) is 0 Å². The lowest BCUT2D eigenvalue weighted by atomic mass is 9.90. The van der Waals surface area contributed by atoms with Crippen molar-refractivity contribution >= 4 is 29.0 Å². The molecule has 5 nitrogen and oxygen atoms in total. The highest BCUT2D eigenvalue weighted by atomic mass is 32.2. The van der Waals surface area contributed by atoms with Crippen molar-refractivity contribution in [3.63, 3.8) is 0 Å². The maximum Gasteiger partial charge on any atom is 0.277 e. The largest absolute Gasteiger partial charge is 0.410 e. The fourth-order valence-corrected chi connectivity index (χ4v) is 5.14. The first kappa shape index (κ1) is 19.2. The van der Waals surface area contributed by atoms with Gasteiger partial charge in [-0.05, 0) is 49.3 Å². The van der Waals surface area contributed by atoms with E-state index in [1.807, 2.05) is 37.3 Å². The molecule has 1 aromatic carbocycles. The van der Waals surface area contributed by atoms with Crippen molar-refractivity contribution in [1.82, 2.24) is 15.5 Å². The van der Waals surface area contributed by atoms with Gasteiger partial charge >= 0.3 is 0 Å². The number of fused-ring (bicyclic) bond motifs is 1. The van der Waals surface area contributed by atoms with Gasteiger partial charge in [0.25, 0.3) is 11.1 Å². The lowest BCUT2D eigenvalue weighted by Gasteiger charge is -2.16. The molecular formula is C21H23N3O2S2. The molecule has 0 aliphatic heterocycles. The molecule has 0 spiro atoms. The van der Waals surface area contributed by atoms with Crippen molar-refractivity contribution in [3.8, 4) is 10.8 Å². The lowest BCUT2D eigenvalue weighted by molar-refractivity contribution is -0.120. The topological polar surface area (TPSA) is 68.0 Å². The van der Waals surface area contributed by atoms with Crippen LogP contribution in [0.25, 0.3) is 10.8 Å². The molecule has 2 atom stereocenters. The van der Waals surface area contributed by atoms with E-state index in [9.17, 15) is 4.79 Å². The summed E-state index contributed by atoms with van der Waals surface area (Å²) in [6.07, 6.45) is 3.50. The van der Waals surface area contributed by atoms with Crippen molar-refractivity contribution in [2.24, 2.45) is 5.92 Å². The fraction of sp³-hybridized carbons (Fsp3) is 0.381. The van der Waals surface area contributed by atoms with Gasteiger partial charge in [-0.3, -0.25) is 4.79 Å². The number of carbonyl (C=O) groups excluding carboxylic acids is 1. The van der Waals surface area contributed by atoms with Crippen molar-refractivity contribution in [3.05, 3.63) is 52.4 Å². The van der Waals surface area contributed by atoms with Gasteiger partial charge in [-0.15, -0.1) is 21.5 Å². The molecule has 0 radical (unpaired) electrons. The van der Waals surface area contributed by atoms with Gasteiger partial charge in [-0.25, -0.2) is 0 Å².